The average molecular weight is 399 g/mol. The Morgan fingerprint density at radius 1 is 1.36 bits per heavy atom. The first kappa shape index (κ1) is 19.4. The highest BCUT2D eigenvalue weighted by atomic mass is 32.2. The maximum Gasteiger partial charge on any atom is 0.293 e. The van der Waals surface area contributed by atoms with Crippen molar-refractivity contribution in [1.82, 2.24) is 10.4 Å². The molecule has 0 unspecified atom stereocenters. The van der Waals surface area contributed by atoms with Crippen molar-refractivity contribution >= 4 is 46.4 Å². The first-order valence-corrected chi connectivity index (χ1v) is 9.18. The van der Waals surface area contributed by atoms with Gasteiger partial charge in [0.2, 0.25) is 0 Å². The largest absolute Gasteiger partial charge is 0.431 e. The van der Waals surface area contributed by atoms with Gasteiger partial charge in [-0.1, -0.05) is 30.0 Å². The summed E-state index contributed by atoms with van der Waals surface area (Å²) >= 11 is 1.15. The highest BCUT2D eigenvalue weighted by Gasteiger charge is 2.15. The maximum absolute atomic E-state index is 11.9. The third-order valence-corrected chi connectivity index (χ3v) is 4.51. The average Bonchev–Trinajstić information content (AvgIpc) is 3.09. The summed E-state index contributed by atoms with van der Waals surface area (Å²) in [6, 6.07) is 12.0. The number of hydrazone groups is 1. The van der Waals surface area contributed by atoms with E-state index in [1.54, 1.807) is 37.2 Å². The van der Waals surface area contributed by atoms with Crippen LogP contribution in [0.3, 0.4) is 0 Å². The SMILES string of the molecule is CN(C)c1ccc(/C=N/NC(=O)CSc2nc3ccccc3o2)cc1[N+](=O)[O-]. The van der Waals surface area contributed by atoms with E-state index < -0.39 is 4.92 Å². The Morgan fingerprint density at radius 2 is 2.14 bits per heavy atom. The summed E-state index contributed by atoms with van der Waals surface area (Å²) in [6.07, 6.45) is 1.36. The molecule has 0 fully saturated rings. The highest BCUT2D eigenvalue weighted by Crippen LogP contribution is 2.27. The number of nitro groups is 1. The van der Waals surface area contributed by atoms with Gasteiger partial charge in [0.1, 0.15) is 11.2 Å². The van der Waals surface area contributed by atoms with E-state index >= 15 is 0 Å². The van der Waals surface area contributed by atoms with Gasteiger partial charge in [0.05, 0.1) is 16.9 Å². The van der Waals surface area contributed by atoms with Crippen LogP contribution in [0.4, 0.5) is 11.4 Å². The minimum atomic E-state index is -0.456. The van der Waals surface area contributed by atoms with Gasteiger partial charge in [-0.2, -0.15) is 5.10 Å². The predicted octanol–water partition coefficient (Wildman–Crippen LogP) is 3.04. The van der Waals surface area contributed by atoms with Gasteiger partial charge in [-0.3, -0.25) is 14.9 Å². The molecule has 2 aromatic carbocycles. The third-order valence-electron chi connectivity index (χ3n) is 3.68. The fourth-order valence-corrected chi connectivity index (χ4v) is 3.03. The molecule has 0 saturated carbocycles. The number of hydrogen-bond donors (Lipinski definition) is 1. The second-order valence-electron chi connectivity index (χ2n) is 5.93. The lowest BCUT2D eigenvalue weighted by Gasteiger charge is -2.12. The summed E-state index contributed by atoms with van der Waals surface area (Å²) in [5.41, 5.74) is 4.72. The zero-order valence-corrected chi connectivity index (χ0v) is 16.0. The van der Waals surface area contributed by atoms with Crippen molar-refractivity contribution in [3.63, 3.8) is 0 Å². The number of fused-ring (bicyclic) bond motifs is 1. The van der Waals surface area contributed by atoms with Crippen molar-refractivity contribution in [2.45, 2.75) is 5.22 Å². The molecule has 0 radical (unpaired) electrons. The smallest absolute Gasteiger partial charge is 0.293 e. The minimum Gasteiger partial charge on any atom is -0.431 e. The van der Waals surface area contributed by atoms with Crippen LogP contribution in [0.2, 0.25) is 0 Å². The van der Waals surface area contributed by atoms with Crippen molar-refractivity contribution in [1.29, 1.82) is 0 Å². The monoisotopic (exact) mass is 399 g/mol. The van der Waals surface area contributed by atoms with E-state index in [0.29, 0.717) is 22.1 Å². The molecule has 0 saturated heterocycles. The molecule has 1 N–H and O–H groups in total. The summed E-state index contributed by atoms with van der Waals surface area (Å²) < 4.78 is 5.52. The van der Waals surface area contributed by atoms with Crippen molar-refractivity contribution < 1.29 is 14.1 Å². The Kier molecular flexibility index (Phi) is 5.90. The number of nitrogens with one attached hydrogen (secondary N) is 1. The minimum absolute atomic E-state index is 0.0354. The second kappa shape index (κ2) is 8.53. The van der Waals surface area contributed by atoms with Crippen molar-refractivity contribution in [3.8, 4) is 0 Å². The number of benzene rings is 2. The topological polar surface area (TPSA) is 114 Å². The molecule has 3 aromatic rings. The van der Waals surface area contributed by atoms with Crippen molar-refractivity contribution in [3.05, 3.63) is 58.1 Å². The summed E-state index contributed by atoms with van der Waals surface area (Å²) in [6.45, 7) is 0. The molecule has 0 aliphatic heterocycles. The Hall–Kier alpha value is -3.40. The highest BCUT2D eigenvalue weighted by molar-refractivity contribution is 7.99. The fourth-order valence-electron chi connectivity index (χ4n) is 2.40. The number of oxazole rings is 1. The van der Waals surface area contributed by atoms with Gasteiger partial charge in [0.25, 0.3) is 16.8 Å². The molecule has 0 aliphatic rings. The predicted molar refractivity (Wildman–Crippen MR) is 108 cm³/mol. The molecule has 28 heavy (non-hydrogen) atoms. The summed E-state index contributed by atoms with van der Waals surface area (Å²) in [5, 5.41) is 15.4. The van der Waals surface area contributed by atoms with Gasteiger partial charge in [0.15, 0.2) is 5.58 Å². The Balaban J connectivity index is 1.57. The Bertz CT molecular complexity index is 1010. The Morgan fingerprint density at radius 3 is 2.86 bits per heavy atom. The molecular formula is C18H17N5O4S. The van der Waals surface area contributed by atoms with Gasteiger partial charge >= 0.3 is 0 Å². The van der Waals surface area contributed by atoms with Crippen LogP contribution in [0.25, 0.3) is 11.1 Å². The number of carbonyl (C=O) groups is 1. The third kappa shape index (κ3) is 4.65. The van der Waals surface area contributed by atoms with Crippen LogP contribution in [0, 0.1) is 10.1 Å². The standard InChI is InChI=1S/C18H17N5O4S/c1-22(2)14-8-7-12(9-15(14)23(25)26)10-19-21-17(24)11-28-18-20-13-5-3-4-6-16(13)27-18/h3-10H,11H2,1-2H3,(H,21,24)/b19-10+. The lowest BCUT2D eigenvalue weighted by molar-refractivity contribution is -0.384. The number of amides is 1. The molecule has 3 rings (SSSR count). The first-order chi connectivity index (χ1) is 13.4. The number of hydrogen-bond acceptors (Lipinski definition) is 8. The molecule has 1 amide bonds. The molecule has 1 heterocycles. The number of aromatic nitrogens is 1. The van der Waals surface area contributed by atoms with Crippen LogP contribution in [-0.2, 0) is 4.79 Å². The van der Waals surface area contributed by atoms with Crippen LogP contribution in [-0.4, -0.2) is 41.9 Å². The molecule has 9 nitrogen and oxygen atoms in total. The van der Waals surface area contributed by atoms with Crippen LogP contribution in [0.1, 0.15) is 5.56 Å². The number of thioether (sulfide) groups is 1. The van der Waals surface area contributed by atoms with Gasteiger partial charge in [-0.25, -0.2) is 10.4 Å². The number of para-hydroxylation sites is 2. The van der Waals surface area contributed by atoms with Gasteiger partial charge < -0.3 is 9.32 Å². The Labute approximate surface area is 164 Å². The van der Waals surface area contributed by atoms with Gasteiger partial charge in [-0.15, -0.1) is 0 Å². The number of nitro benzene ring substituents is 1. The maximum atomic E-state index is 11.9. The molecule has 0 spiro atoms. The molecule has 0 bridgehead atoms. The zero-order valence-electron chi connectivity index (χ0n) is 15.2. The summed E-state index contributed by atoms with van der Waals surface area (Å²) in [7, 11) is 3.45. The first-order valence-electron chi connectivity index (χ1n) is 8.20. The van der Waals surface area contributed by atoms with Gasteiger partial charge in [0, 0.05) is 25.7 Å². The lowest BCUT2D eigenvalue weighted by Crippen LogP contribution is -2.19. The molecule has 1 aromatic heterocycles. The van der Waals surface area contributed by atoms with E-state index in [0.717, 1.165) is 17.3 Å². The quantitative estimate of drug-likeness (QED) is 0.281. The van der Waals surface area contributed by atoms with E-state index in [4.69, 9.17) is 4.42 Å². The zero-order chi connectivity index (χ0) is 20.1. The van der Waals surface area contributed by atoms with E-state index in [1.807, 2.05) is 18.2 Å². The molecular weight excluding hydrogens is 382 g/mol. The van der Waals surface area contributed by atoms with E-state index in [-0.39, 0.29) is 17.3 Å². The van der Waals surface area contributed by atoms with Crippen LogP contribution >= 0.6 is 11.8 Å². The number of carbonyl (C=O) groups excluding carboxylic acids is 1. The normalized spacial score (nSPS) is 11.1. The lowest BCUT2D eigenvalue weighted by atomic mass is 10.2. The summed E-state index contributed by atoms with van der Waals surface area (Å²) in [4.78, 5) is 28.6. The van der Waals surface area contributed by atoms with Crippen LogP contribution in [0.5, 0.6) is 0 Å². The van der Waals surface area contributed by atoms with Crippen molar-refractivity contribution in [2.75, 3.05) is 24.7 Å². The van der Waals surface area contributed by atoms with E-state index in [1.165, 1.54) is 12.3 Å². The number of anilines is 1. The number of rotatable bonds is 7. The fraction of sp³-hybridized carbons (Fsp3) is 0.167. The second-order valence-corrected chi connectivity index (χ2v) is 6.86. The van der Waals surface area contributed by atoms with Crippen molar-refractivity contribution in [2.24, 2.45) is 5.10 Å². The molecule has 10 heteroatoms. The number of nitrogens with zero attached hydrogens (tertiary/aromatic N) is 4. The van der Waals surface area contributed by atoms with Crippen LogP contribution in [0.15, 0.2) is 57.2 Å². The van der Waals surface area contributed by atoms with E-state index in [2.05, 4.69) is 15.5 Å². The molecule has 144 valence electrons. The van der Waals surface area contributed by atoms with Crippen LogP contribution < -0.4 is 10.3 Å². The van der Waals surface area contributed by atoms with E-state index in [9.17, 15) is 14.9 Å². The summed E-state index contributed by atoms with van der Waals surface area (Å²) in [5.74, 6) is -0.271. The van der Waals surface area contributed by atoms with Gasteiger partial charge in [-0.05, 0) is 18.2 Å². The molecule has 0 atom stereocenters. The molecule has 0 aliphatic carbocycles.